The van der Waals surface area contributed by atoms with Crippen LogP contribution < -0.4 is 0 Å². The molecule has 0 atom stereocenters. The third-order valence-corrected chi connectivity index (χ3v) is 5.95. The largest absolute Gasteiger partial charge is 0.342 e. The number of amides is 1. The number of aryl methyl sites for hydroxylation is 1. The summed E-state index contributed by atoms with van der Waals surface area (Å²) in [5, 5.41) is 2.18. The summed E-state index contributed by atoms with van der Waals surface area (Å²) >= 11 is 1.86. The lowest BCUT2D eigenvalue weighted by Gasteiger charge is -2.35. The summed E-state index contributed by atoms with van der Waals surface area (Å²) in [6.45, 7) is 7.39. The molecule has 0 bridgehead atoms. The van der Waals surface area contributed by atoms with E-state index in [4.69, 9.17) is 0 Å². The van der Waals surface area contributed by atoms with Gasteiger partial charge in [-0.05, 0) is 69.1 Å². The number of carbonyl (C=O) groups excluding carboxylic acids is 1. The standard InChI is InChI=1S/C17H26N2OS/c1-14-7-12-21-16(14)13-18-10-5-15(6-11-18)17(20)19-8-3-2-4-9-19/h7,12,15H,2-6,8-11,13H2,1H3. The van der Waals surface area contributed by atoms with Crippen LogP contribution in [0, 0.1) is 12.8 Å². The maximum Gasteiger partial charge on any atom is 0.225 e. The third-order valence-electron chi connectivity index (χ3n) is 4.94. The van der Waals surface area contributed by atoms with Crippen molar-refractivity contribution in [3.8, 4) is 0 Å². The Morgan fingerprint density at radius 2 is 1.90 bits per heavy atom. The number of piperidine rings is 2. The molecular weight excluding hydrogens is 280 g/mol. The number of carbonyl (C=O) groups is 1. The van der Waals surface area contributed by atoms with E-state index in [0.29, 0.717) is 5.91 Å². The van der Waals surface area contributed by atoms with Crippen molar-refractivity contribution < 1.29 is 4.79 Å². The second-order valence-corrected chi connectivity index (χ2v) is 7.46. The highest BCUT2D eigenvalue weighted by atomic mass is 32.1. The monoisotopic (exact) mass is 306 g/mol. The number of likely N-dealkylation sites (tertiary alicyclic amines) is 2. The minimum absolute atomic E-state index is 0.281. The van der Waals surface area contributed by atoms with Gasteiger partial charge in [0.2, 0.25) is 5.91 Å². The van der Waals surface area contributed by atoms with Gasteiger partial charge in [-0.15, -0.1) is 11.3 Å². The van der Waals surface area contributed by atoms with Gasteiger partial charge in [0.15, 0.2) is 0 Å². The van der Waals surface area contributed by atoms with Gasteiger partial charge in [0.05, 0.1) is 0 Å². The molecule has 3 rings (SSSR count). The van der Waals surface area contributed by atoms with Crippen molar-refractivity contribution in [3.05, 3.63) is 21.9 Å². The highest BCUT2D eigenvalue weighted by molar-refractivity contribution is 7.10. The SMILES string of the molecule is Cc1ccsc1CN1CCC(C(=O)N2CCCCC2)CC1. The number of thiophene rings is 1. The molecule has 2 aliphatic rings. The predicted octanol–water partition coefficient (Wildman–Crippen LogP) is 3.28. The van der Waals surface area contributed by atoms with Crippen molar-refractivity contribution in [2.45, 2.75) is 45.6 Å². The summed E-state index contributed by atoms with van der Waals surface area (Å²) in [5.41, 5.74) is 1.41. The Kier molecular flexibility index (Phi) is 4.96. The summed E-state index contributed by atoms with van der Waals surface area (Å²) in [7, 11) is 0. The van der Waals surface area contributed by atoms with E-state index in [1.165, 1.54) is 29.7 Å². The van der Waals surface area contributed by atoms with Crippen LogP contribution in [0.15, 0.2) is 11.4 Å². The molecule has 0 N–H and O–H groups in total. The van der Waals surface area contributed by atoms with Crippen molar-refractivity contribution in [3.63, 3.8) is 0 Å². The van der Waals surface area contributed by atoms with Crippen molar-refractivity contribution in [1.82, 2.24) is 9.80 Å². The first-order valence-electron chi connectivity index (χ1n) is 8.28. The van der Waals surface area contributed by atoms with Crippen LogP contribution >= 0.6 is 11.3 Å². The van der Waals surface area contributed by atoms with Crippen LogP contribution in [0.4, 0.5) is 0 Å². The summed E-state index contributed by atoms with van der Waals surface area (Å²) in [6, 6.07) is 2.20. The van der Waals surface area contributed by atoms with Crippen LogP contribution in [0.3, 0.4) is 0 Å². The third kappa shape index (κ3) is 3.67. The van der Waals surface area contributed by atoms with Crippen molar-refractivity contribution in [2.24, 2.45) is 5.92 Å². The molecule has 4 heteroatoms. The predicted molar refractivity (Wildman–Crippen MR) is 87.5 cm³/mol. The lowest BCUT2D eigenvalue weighted by atomic mass is 9.94. The van der Waals surface area contributed by atoms with Gasteiger partial charge in [-0.1, -0.05) is 0 Å². The molecule has 21 heavy (non-hydrogen) atoms. The molecule has 1 aromatic rings. The second kappa shape index (κ2) is 6.93. The number of hydrogen-bond donors (Lipinski definition) is 0. The smallest absolute Gasteiger partial charge is 0.225 e. The van der Waals surface area contributed by atoms with E-state index < -0.39 is 0 Å². The van der Waals surface area contributed by atoms with E-state index in [1.54, 1.807) is 0 Å². The normalized spacial score (nSPS) is 21.7. The van der Waals surface area contributed by atoms with E-state index in [9.17, 15) is 4.79 Å². The first kappa shape index (κ1) is 15.0. The molecular formula is C17H26N2OS. The molecule has 0 unspecified atom stereocenters. The average Bonchev–Trinajstić information content (AvgIpc) is 2.93. The van der Waals surface area contributed by atoms with Gasteiger partial charge in [0.1, 0.15) is 0 Å². The molecule has 1 aromatic heterocycles. The summed E-state index contributed by atoms with van der Waals surface area (Å²) < 4.78 is 0. The quantitative estimate of drug-likeness (QED) is 0.855. The topological polar surface area (TPSA) is 23.6 Å². The van der Waals surface area contributed by atoms with Crippen LogP contribution in [0.1, 0.15) is 42.5 Å². The molecule has 2 saturated heterocycles. The lowest BCUT2D eigenvalue weighted by Crippen LogP contribution is -2.44. The number of hydrogen-bond acceptors (Lipinski definition) is 3. The van der Waals surface area contributed by atoms with Gasteiger partial charge < -0.3 is 4.90 Å². The fourth-order valence-electron chi connectivity index (χ4n) is 3.48. The number of rotatable bonds is 3. The number of nitrogens with zero attached hydrogens (tertiary/aromatic N) is 2. The lowest BCUT2D eigenvalue weighted by molar-refractivity contribution is -0.138. The van der Waals surface area contributed by atoms with Crippen molar-refractivity contribution in [2.75, 3.05) is 26.2 Å². The Morgan fingerprint density at radius 3 is 2.52 bits per heavy atom. The minimum atomic E-state index is 0.281. The van der Waals surface area contributed by atoms with E-state index in [-0.39, 0.29) is 5.92 Å². The molecule has 2 aliphatic heterocycles. The summed E-state index contributed by atoms with van der Waals surface area (Å²) in [4.78, 5) is 18.7. The molecule has 0 aliphatic carbocycles. The van der Waals surface area contributed by atoms with E-state index in [0.717, 1.165) is 45.6 Å². The first-order chi connectivity index (χ1) is 10.2. The molecule has 116 valence electrons. The van der Waals surface area contributed by atoms with Crippen LogP contribution in [-0.2, 0) is 11.3 Å². The van der Waals surface area contributed by atoms with Gasteiger partial charge in [0, 0.05) is 30.4 Å². The van der Waals surface area contributed by atoms with Crippen LogP contribution in [0.25, 0.3) is 0 Å². The Hall–Kier alpha value is -0.870. The highest BCUT2D eigenvalue weighted by Gasteiger charge is 2.29. The van der Waals surface area contributed by atoms with Gasteiger partial charge in [-0.2, -0.15) is 0 Å². The maximum atomic E-state index is 12.5. The molecule has 3 heterocycles. The molecule has 0 radical (unpaired) electrons. The molecule has 0 spiro atoms. The average molecular weight is 306 g/mol. The second-order valence-electron chi connectivity index (χ2n) is 6.46. The Bertz CT molecular complexity index is 471. The zero-order chi connectivity index (χ0) is 14.7. The maximum absolute atomic E-state index is 12.5. The zero-order valence-corrected chi connectivity index (χ0v) is 13.8. The molecule has 0 aromatic carbocycles. The van der Waals surface area contributed by atoms with Crippen LogP contribution in [-0.4, -0.2) is 41.9 Å². The Morgan fingerprint density at radius 1 is 1.19 bits per heavy atom. The molecule has 3 nitrogen and oxygen atoms in total. The fourth-order valence-corrected chi connectivity index (χ4v) is 4.43. The zero-order valence-electron chi connectivity index (χ0n) is 13.0. The summed E-state index contributed by atoms with van der Waals surface area (Å²) in [6.07, 6.45) is 5.77. The first-order valence-corrected chi connectivity index (χ1v) is 9.16. The minimum Gasteiger partial charge on any atom is -0.342 e. The van der Waals surface area contributed by atoms with Gasteiger partial charge in [0.25, 0.3) is 0 Å². The van der Waals surface area contributed by atoms with E-state index >= 15 is 0 Å². The summed E-state index contributed by atoms with van der Waals surface area (Å²) in [5.74, 6) is 0.713. The molecule has 0 saturated carbocycles. The van der Waals surface area contributed by atoms with Gasteiger partial charge in [-0.3, -0.25) is 9.69 Å². The molecule has 1 amide bonds. The molecule has 2 fully saturated rings. The van der Waals surface area contributed by atoms with Crippen molar-refractivity contribution in [1.29, 1.82) is 0 Å². The van der Waals surface area contributed by atoms with E-state index in [1.807, 2.05) is 11.3 Å². The van der Waals surface area contributed by atoms with E-state index in [2.05, 4.69) is 28.2 Å². The van der Waals surface area contributed by atoms with Crippen LogP contribution in [0.5, 0.6) is 0 Å². The Balaban J connectivity index is 1.48. The van der Waals surface area contributed by atoms with Crippen LogP contribution in [0.2, 0.25) is 0 Å². The van der Waals surface area contributed by atoms with Crippen molar-refractivity contribution >= 4 is 17.2 Å². The van der Waals surface area contributed by atoms with Gasteiger partial charge >= 0.3 is 0 Å². The highest BCUT2D eigenvalue weighted by Crippen LogP contribution is 2.25. The Labute approximate surface area is 131 Å². The van der Waals surface area contributed by atoms with Gasteiger partial charge in [-0.25, -0.2) is 0 Å². The fraction of sp³-hybridized carbons (Fsp3) is 0.706.